The van der Waals surface area contributed by atoms with E-state index in [0.717, 1.165) is 66.5 Å². The van der Waals surface area contributed by atoms with Crippen LogP contribution in [0.3, 0.4) is 0 Å². The van der Waals surface area contributed by atoms with E-state index in [1.807, 2.05) is 17.8 Å². The van der Waals surface area contributed by atoms with Gasteiger partial charge in [0.1, 0.15) is 11.2 Å². The Labute approximate surface area is 313 Å². The molecular weight excluding hydrogens is 665 g/mol. The van der Waals surface area contributed by atoms with Gasteiger partial charge >= 0.3 is 0 Å². The summed E-state index contributed by atoms with van der Waals surface area (Å²) in [5.41, 5.74) is 10.8. The number of nitrogens with zero attached hydrogens (tertiary/aromatic N) is 2. The maximum Gasteiger partial charge on any atom is 0.129 e. The first kappa shape index (κ1) is 31.5. The summed E-state index contributed by atoms with van der Waals surface area (Å²) in [6.45, 7) is 4.69. The average Bonchev–Trinajstić information content (AvgIpc) is 3.20. The third kappa shape index (κ3) is 5.37. The SMILES string of the molecule is CC1(C)c2ccccc2Sc2cc(N(c3ccccc3)c3cc4ccc5cc4c(c3)c3ccccc3n(-c3ccccc3)c3cccc(c3)o5)ccc21. The summed E-state index contributed by atoms with van der Waals surface area (Å²) in [6.07, 6.45) is 0. The summed E-state index contributed by atoms with van der Waals surface area (Å²) in [6, 6.07) is 65.5. The molecule has 1 aromatic heterocycles. The second-order valence-electron chi connectivity index (χ2n) is 14.2. The average molecular weight is 701 g/mol. The topological polar surface area (TPSA) is 21.3 Å². The molecule has 0 fully saturated rings. The first-order valence-electron chi connectivity index (χ1n) is 18.1. The maximum atomic E-state index is 6.57. The summed E-state index contributed by atoms with van der Waals surface area (Å²) in [5, 5.41) is 4.55. The summed E-state index contributed by atoms with van der Waals surface area (Å²) >= 11 is 1.87. The van der Waals surface area contributed by atoms with Crippen LogP contribution in [0.4, 0.5) is 17.1 Å². The Bertz CT molecular complexity index is 2900. The highest BCUT2D eigenvalue weighted by Gasteiger charge is 2.33. The van der Waals surface area contributed by atoms with Gasteiger partial charge in [-0.15, -0.1) is 0 Å². The minimum absolute atomic E-state index is 0.0970. The van der Waals surface area contributed by atoms with Crippen molar-refractivity contribution < 1.29 is 4.42 Å². The maximum absolute atomic E-state index is 6.57. The Morgan fingerprint density at radius 1 is 0.491 bits per heavy atom. The predicted molar refractivity (Wildman–Crippen MR) is 223 cm³/mol. The van der Waals surface area contributed by atoms with E-state index in [0.29, 0.717) is 0 Å². The monoisotopic (exact) mass is 700 g/mol. The van der Waals surface area contributed by atoms with Crippen molar-refractivity contribution in [3.8, 4) is 5.69 Å². The van der Waals surface area contributed by atoms with Crippen molar-refractivity contribution in [2.45, 2.75) is 29.1 Å². The standard InChI is InChI=1S/C49H36N2OS/c1-49(2)44-21-10-12-23-47(44)53-48-31-37(25-27-45(48)49)50(34-14-5-3-6-15-34)38-28-33-24-26-40-32-42(33)43(30-38)41-20-9-11-22-46(41)51(35-16-7-4-8-17-35)36-18-13-19-39(29-36)52-40/h3-32H,1-2H3. The molecule has 4 bridgehead atoms. The van der Waals surface area contributed by atoms with Crippen LogP contribution in [-0.4, -0.2) is 4.57 Å². The van der Waals surface area contributed by atoms with Crippen LogP contribution in [0.25, 0.3) is 49.4 Å². The summed E-state index contributed by atoms with van der Waals surface area (Å²) in [7, 11) is 0. The van der Waals surface area contributed by atoms with Crippen molar-refractivity contribution in [1.29, 1.82) is 0 Å². The van der Waals surface area contributed by atoms with Crippen LogP contribution in [0, 0.1) is 0 Å². The molecule has 0 amide bonds. The van der Waals surface area contributed by atoms with Gasteiger partial charge in [0.15, 0.2) is 0 Å². The normalized spacial score (nSPS) is 13.2. The molecule has 9 aromatic rings. The molecule has 53 heavy (non-hydrogen) atoms. The molecule has 0 spiro atoms. The Hall–Kier alpha value is -6.23. The zero-order valence-corrected chi connectivity index (χ0v) is 30.3. The zero-order valence-electron chi connectivity index (χ0n) is 29.5. The molecule has 0 aliphatic carbocycles. The molecule has 0 saturated carbocycles. The molecule has 0 radical (unpaired) electrons. The van der Waals surface area contributed by atoms with E-state index in [-0.39, 0.29) is 5.41 Å². The van der Waals surface area contributed by atoms with Crippen LogP contribution >= 0.6 is 11.8 Å². The summed E-state index contributed by atoms with van der Waals surface area (Å²) in [5.74, 6) is 0. The number of hydrogen-bond donors (Lipinski definition) is 0. The number of anilines is 3. The molecule has 2 heterocycles. The van der Waals surface area contributed by atoms with Crippen LogP contribution in [0.2, 0.25) is 0 Å². The van der Waals surface area contributed by atoms with E-state index in [2.05, 4.69) is 199 Å². The molecule has 0 saturated heterocycles. The molecule has 8 aromatic carbocycles. The Morgan fingerprint density at radius 3 is 2.09 bits per heavy atom. The second-order valence-corrected chi connectivity index (χ2v) is 15.3. The first-order valence-corrected chi connectivity index (χ1v) is 18.9. The van der Waals surface area contributed by atoms with Gasteiger partial charge in [0.05, 0.1) is 5.52 Å². The van der Waals surface area contributed by atoms with E-state index in [9.17, 15) is 0 Å². The highest BCUT2D eigenvalue weighted by atomic mass is 32.2. The van der Waals surface area contributed by atoms with Crippen molar-refractivity contribution >= 4 is 72.6 Å². The van der Waals surface area contributed by atoms with Crippen LogP contribution in [0.15, 0.2) is 196 Å². The van der Waals surface area contributed by atoms with E-state index in [1.165, 1.54) is 20.9 Å². The summed E-state index contributed by atoms with van der Waals surface area (Å²) in [4.78, 5) is 5.01. The molecule has 0 N–H and O–H groups in total. The molecule has 0 atom stereocenters. The molecule has 3 nitrogen and oxygen atoms in total. The third-order valence-corrected chi connectivity index (χ3v) is 11.8. The van der Waals surface area contributed by atoms with Gasteiger partial charge in [0.25, 0.3) is 0 Å². The van der Waals surface area contributed by atoms with Gasteiger partial charge in [-0.1, -0.05) is 117 Å². The highest BCUT2D eigenvalue weighted by Crippen LogP contribution is 2.51. The van der Waals surface area contributed by atoms with Crippen LogP contribution in [-0.2, 0) is 5.41 Å². The van der Waals surface area contributed by atoms with Crippen molar-refractivity contribution in [2.75, 3.05) is 4.90 Å². The van der Waals surface area contributed by atoms with Gasteiger partial charge < -0.3 is 13.9 Å². The second kappa shape index (κ2) is 12.5. The number of fused-ring (bicyclic) bond motifs is 7. The molecule has 1 aliphatic heterocycles. The zero-order chi connectivity index (χ0) is 35.5. The lowest BCUT2D eigenvalue weighted by Gasteiger charge is -2.35. The molecule has 254 valence electrons. The molecule has 10 rings (SSSR count). The minimum atomic E-state index is -0.0970. The first-order chi connectivity index (χ1) is 26.0. The van der Waals surface area contributed by atoms with Gasteiger partial charge in [-0.2, -0.15) is 0 Å². The molecule has 0 unspecified atom stereocenters. The Kier molecular flexibility index (Phi) is 7.41. The lowest BCUT2D eigenvalue weighted by Crippen LogP contribution is -2.24. The number of hydrogen-bond acceptors (Lipinski definition) is 3. The summed E-state index contributed by atoms with van der Waals surface area (Å²) < 4.78 is 8.90. The Balaban J connectivity index is 1.29. The lowest BCUT2D eigenvalue weighted by atomic mass is 9.77. The van der Waals surface area contributed by atoms with Crippen molar-refractivity contribution in [1.82, 2.24) is 4.57 Å². The Morgan fingerprint density at radius 2 is 1.23 bits per heavy atom. The van der Waals surface area contributed by atoms with E-state index < -0.39 is 0 Å². The van der Waals surface area contributed by atoms with Crippen molar-refractivity contribution in [3.63, 3.8) is 0 Å². The number of rotatable bonds is 4. The van der Waals surface area contributed by atoms with Crippen LogP contribution < -0.4 is 4.90 Å². The third-order valence-electron chi connectivity index (χ3n) is 10.6. The molecule has 4 heteroatoms. The van der Waals surface area contributed by atoms with Gasteiger partial charge in [-0.25, -0.2) is 0 Å². The van der Waals surface area contributed by atoms with E-state index in [1.54, 1.807) is 0 Å². The number of benzene rings is 8. The number of aromatic nitrogens is 1. The van der Waals surface area contributed by atoms with E-state index >= 15 is 0 Å². The van der Waals surface area contributed by atoms with Gasteiger partial charge in [0, 0.05) is 54.9 Å². The smallest absolute Gasteiger partial charge is 0.129 e. The largest absolute Gasteiger partial charge is 0.457 e. The highest BCUT2D eigenvalue weighted by molar-refractivity contribution is 7.99. The lowest BCUT2D eigenvalue weighted by molar-refractivity contribution is 0.607. The van der Waals surface area contributed by atoms with Crippen molar-refractivity contribution in [3.05, 3.63) is 193 Å². The molecule has 1 aliphatic rings. The fraction of sp³-hybridized carbons (Fsp3) is 0.0612. The van der Waals surface area contributed by atoms with Crippen LogP contribution in [0.1, 0.15) is 25.0 Å². The van der Waals surface area contributed by atoms with Gasteiger partial charge in [-0.05, 0) is 112 Å². The van der Waals surface area contributed by atoms with Gasteiger partial charge in [0.2, 0.25) is 0 Å². The fourth-order valence-electron chi connectivity index (χ4n) is 8.07. The van der Waals surface area contributed by atoms with Gasteiger partial charge in [-0.3, -0.25) is 0 Å². The molecular formula is C49H36N2OS. The van der Waals surface area contributed by atoms with Crippen LogP contribution in [0.5, 0.6) is 0 Å². The van der Waals surface area contributed by atoms with Crippen molar-refractivity contribution in [2.24, 2.45) is 0 Å². The van der Waals surface area contributed by atoms with E-state index in [4.69, 9.17) is 4.42 Å². The fourth-order valence-corrected chi connectivity index (χ4v) is 9.50. The predicted octanol–water partition coefficient (Wildman–Crippen LogP) is 14.1. The number of para-hydroxylation sites is 3. The quantitative estimate of drug-likeness (QED) is 0.182. The minimum Gasteiger partial charge on any atom is -0.457 e.